The van der Waals surface area contributed by atoms with Crippen molar-refractivity contribution in [2.75, 3.05) is 31.1 Å². The average Bonchev–Trinajstić information content (AvgIpc) is 3.32. The van der Waals surface area contributed by atoms with Gasteiger partial charge in [0.15, 0.2) is 0 Å². The molecular weight excluding hydrogens is 524 g/mol. The Morgan fingerprint density at radius 3 is 2.56 bits per heavy atom. The maximum atomic E-state index is 13.3. The third kappa shape index (κ3) is 6.87. The van der Waals surface area contributed by atoms with Crippen LogP contribution < -0.4 is 15.8 Å². The highest BCUT2D eigenvalue weighted by atomic mass is 16.6. The first kappa shape index (κ1) is 28.2. The van der Waals surface area contributed by atoms with E-state index in [-0.39, 0.29) is 17.6 Å². The van der Waals surface area contributed by atoms with E-state index in [9.17, 15) is 14.4 Å². The Kier molecular flexibility index (Phi) is 8.27. The second kappa shape index (κ2) is 12.0. The number of pyridine rings is 1. The number of carbonyl (C=O) groups is 2. The molecule has 2 aliphatic heterocycles. The van der Waals surface area contributed by atoms with Gasteiger partial charge in [-0.15, -0.1) is 0 Å². The van der Waals surface area contributed by atoms with Crippen LogP contribution in [0, 0.1) is 0 Å². The third-order valence-electron chi connectivity index (χ3n) is 7.11. The van der Waals surface area contributed by atoms with Gasteiger partial charge in [0.2, 0.25) is 0 Å². The lowest BCUT2D eigenvalue weighted by Gasteiger charge is -2.26. The summed E-state index contributed by atoms with van der Waals surface area (Å²) in [6.45, 7) is 8.64. The molecule has 0 saturated carbocycles. The molecule has 3 aromatic heterocycles. The zero-order valence-corrected chi connectivity index (χ0v) is 23.7. The lowest BCUT2D eigenvalue weighted by atomic mass is 10.1. The fourth-order valence-electron chi connectivity index (χ4n) is 5.08. The average molecular weight is 561 g/mol. The fourth-order valence-corrected chi connectivity index (χ4v) is 5.08. The van der Waals surface area contributed by atoms with Gasteiger partial charge in [-0.2, -0.15) is 0 Å². The molecule has 1 N–H and O–H groups in total. The molecule has 1 atom stereocenters. The molecule has 2 amide bonds. The van der Waals surface area contributed by atoms with Crippen LogP contribution >= 0.6 is 0 Å². The first-order valence-corrected chi connectivity index (χ1v) is 14.1. The van der Waals surface area contributed by atoms with Crippen molar-refractivity contribution in [3.63, 3.8) is 0 Å². The molecule has 1 fully saturated rings. The predicted octanol–water partition coefficient (Wildman–Crippen LogP) is 3.20. The topological polar surface area (TPSA) is 135 Å². The summed E-state index contributed by atoms with van der Waals surface area (Å²) in [5.41, 5.74) is 0.726. The van der Waals surface area contributed by atoms with Crippen molar-refractivity contribution < 1.29 is 14.3 Å². The zero-order valence-electron chi connectivity index (χ0n) is 23.7. The van der Waals surface area contributed by atoms with E-state index in [1.807, 2.05) is 26.8 Å². The lowest BCUT2D eigenvalue weighted by Crippen LogP contribution is -2.39. The van der Waals surface area contributed by atoms with Crippen molar-refractivity contribution in [2.24, 2.45) is 0 Å². The van der Waals surface area contributed by atoms with Gasteiger partial charge in [-0.1, -0.05) is 0 Å². The van der Waals surface area contributed by atoms with Gasteiger partial charge < -0.3 is 19.9 Å². The molecule has 0 spiro atoms. The molecule has 0 aliphatic carbocycles. The Hall–Kier alpha value is -4.35. The molecule has 12 nitrogen and oxygen atoms in total. The molecule has 2 aliphatic rings. The van der Waals surface area contributed by atoms with Crippen LogP contribution in [0.25, 0.3) is 11.4 Å². The summed E-state index contributed by atoms with van der Waals surface area (Å²) in [5, 5.41) is 3.08. The zero-order chi connectivity index (χ0) is 29.0. The van der Waals surface area contributed by atoms with Crippen LogP contribution in [-0.4, -0.2) is 73.2 Å². The van der Waals surface area contributed by atoms with Crippen molar-refractivity contribution in [3.8, 4) is 11.4 Å². The SMILES string of the molecule is CC(C)(C)OC(=O)N1CCCN(c2ccc(C(=O)NC3CCCCn4c3nc(-c3ccncn3)cc4=O)cn2)CC1. The molecule has 1 saturated heterocycles. The van der Waals surface area contributed by atoms with Gasteiger partial charge in [0.25, 0.3) is 11.5 Å². The summed E-state index contributed by atoms with van der Waals surface area (Å²) < 4.78 is 7.17. The smallest absolute Gasteiger partial charge is 0.410 e. The Bertz CT molecular complexity index is 1440. The number of hydrogen-bond donors (Lipinski definition) is 1. The number of amides is 2. The van der Waals surface area contributed by atoms with Gasteiger partial charge in [-0.3, -0.25) is 14.2 Å². The van der Waals surface area contributed by atoms with Gasteiger partial charge in [0.1, 0.15) is 23.6 Å². The number of nitrogens with zero attached hydrogens (tertiary/aromatic N) is 7. The minimum absolute atomic E-state index is 0.168. The summed E-state index contributed by atoms with van der Waals surface area (Å²) in [6.07, 6.45) is 7.40. The number of aromatic nitrogens is 5. The molecule has 0 aromatic carbocycles. The fraction of sp³-hybridized carbons (Fsp3) is 0.483. The van der Waals surface area contributed by atoms with Gasteiger partial charge >= 0.3 is 6.09 Å². The number of anilines is 1. The monoisotopic (exact) mass is 560 g/mol. The molecule has 5 heterocycles. The molecule has 0 bridgehead atoms. The van der Waals surface area contributed by atoms with Crippen LogP contribution in [0.15, 0.2) is 47.8 Å². The van der Waals surface area contributed by atoms with Crippen LogP contribution in [0.1, 0.15) is 68.7 Å². The summed E-state index contributed by atoms with van der Waals surface area (Å²) in [7, 11) is 0. The lowest BCUT2D eigenvalue weighted by molar-refractivity contribution is 0.0263. The van der Waals surface area contributed by atoms with E-state index in [0.29, 0.717) is 55.4 Å². The van der Waals surface area contributed by atoms with Crippen molar-refractivity contribution in [1.82, 2.24) is 34.7 Å². The van der Waals surface area contributed by atoms with E-state index in [4.69, 9.17) is 9.72 Å². The Morgan fingerprint density at radius 2 is 1.83 bits per heavy atom. The Labute approximate surface area is 238 Å². The highest BCUT2D eigenvalue weighted by Gasteiger charge is 2.26. The maximum absolute atomic E-state index is 13.3. The number of rotatable bonds is 4. The number of hydrogen-bond acceptors (Lipinski definition) is 9. The summed E-state index contributed by atoms with van der Waals surface area (Å²) in [5.74, 6) is 0.993. The second-order valence-corrected chi connectivity index (χ2v) is 11.3. The van der Waals surface area contributed by atoms with Crippen LogP contribution in [0.2, 0.25) is 0 Å². The van der Waals surface area contributed by atoms with E-state index < -0.39 is 11.6 Å². The minimum atomic E-state index is -0.537. The van der Waals surface area contributed by atoms with Crippen molar-refractivity contribution in [3.05, 3.63) is 64.7 Å². The van der Waals surface area contributed by atoms with E-state index in [2.05, 4.69) is 25.2 Å². The van der Waals surface area contributed by atoms with Crippen LogP contribution in [-0.2, 0) is 11.3 Å². The molecule has 41 heavy (non-hydrogen) atoms. The predicted molar refractivity (Wildman–Crippen MR) is 152 cm³/mol. The molecule has 3 aromatic rings. The van der Waals surface area contributed by atoms with Crippen LogP contribution in [0.4, 0.5) is 10.6 Å². The normalized spacial score (nSPS) is 17.7. The Balaban J connectivity index is 1.27. The highest BCUT2D eigenvalue weighted by molar-refractivity contribution is 5.94. The van der Waals surface area contributed by atoms with Crippen LogP contribution in [0.3, 0.4) is 0 Å². The summed E-state index contributed by atoms with van der Waals surface area (Å²) >= 11 is 0. The number of fused-ring (bicyclic) bond motifs is 1. The van der Waals surface area contributed by atoms with E-state index in [1.165, 1.54) is 12.4 Å². The molecule has 1 unspecified atom stereocenters. The standard InChI is InChI=1S/C29H36N8O4/c1-29(2,3)41-28(40)36-13-6-12-35(15-16-36)24-9-8-20(18-31-24)27(39)34-22-7-4-5-14-37-25(38)17-23(33-26(22)37)21-10-11-30-19-32-21/h8-11,17-19,22H,4-7,12-16H2,1-3H3,(H,34,39). The third-order valence-corrected chi connectivity index (χ3v) is 7.11. The van der Waals surface area contributed by atoms with E-state index >= 15 is 0 Å². The highest BCUT2D eigenvalue weighted by Crippen LogP contribution is 2.24. The minimum Gasteiger partial charge on any atom is -0.444 e. The number of carbonyl (C=O) groups excluding carboxylic acids is 2. The molecule has 0 radical (unpaired) electrons. The maximum Gasteiger partial charge on any atom is 0.410 e. The van der Waals surface area contributed by atoms with E-state index in [1.54, 1.807) is 34.0 Å². The number of ether oxygens (including phenoxy) is 1. The van der Waals surface area contributed by atoms with Gasteiger partial charge in [0.05, 0.1) is 23.0 Å². The molecule has 5 rings (SSSR count). The molecular formula is C29H36N8O4. The second-order valence-electron chi connectivity index (χ2n) is 11.3. The summed E-state index contributed by atoms with van der Waals surface area (Å²) in [4.78, 5) is 60.1. The quantitative estimate of drug-likeness (QED) is 0.510. The van der Waals surface area contributed by atoms with Gasteiger partial charge in [0, 0.05) is 51.2 Å². The van der Waals surface area contributed by atoms with Gasteiger partial charge in [-0.25, -0.2) is 24.7 Å². The first-order valence-electron chi connectivity index (χ1n) is 14.1. The van der Waals surface area contributed by atoms with Crippen molar-refractivity contribution >= 4 is 17.8 Å². The summed E-state index contributed by atoms with van der Waals surface area (Å²) in [6, 6.07) is 6.34. The van der Waals surface area contributed by atoms with Crippen molar-refractivity contribution in [2.45, 2.75) is 64.6 Å². The van der Waals surface area contributed by atoms with E-state index in [0.717, 1.165) is 31.6 Å². The largest absolute Gasteiger partial charge is 0.444 e. The molecule has 12 heteroatoms. The first-order chi connectivity index (χ1) is 19.7. The number of nitrogens with one attached hydrogen (secondary N) is 1. The Morgan fingerprint density at radius 1 is 0.976 bits per heavy atom. The van der Waals surface area contributed by atoms with Crippen LogP contribution in [0.5, 0.6) is 0 Å². The van der Waals surface area contributed by atoms with Crippen molar-refractivity contribution in [1.29, 1.82) is 0 Å². The molecule has 216 valence electrons. The van der Waals surface area contributed by atoms with Gasteiger partial charge in [-0.05, 0) is 64.7 Å².